The summed E-state index contributed by atoms with van der Waals surface area (Å²) in [4.78, 5) is 6.56. The molecule has 0 unspecified atom stereocenters. The van der Waals surface area contributed by atoms with Gasteiger partial charge in [-0.2, -0.15) is 4.98 Å². The molecule has 3 rings (SSSR count). The summed E-state index contributed by atoms with van der Waals surface area (Å²) >= 11 is 0. The van der Waals surface area contributed by atoms with E-state index in [2.05, 4.69) is 55.7 Å². The molecule has 0 atom stereocenters. The summed E-state index contributed by atoms with van der Waals surface area (Å²) in [7, 11) is 0. The number of aromatic nitrogens is 3. The number of H-pyrrole nitrogens is 1. The summed E-state index contributed by atoms with van der Waals surface area (Å²) in [6, 6.07) is 11.0. The Kier molecular flexibility index (Phi) is 3.83. The fraction of sp³-hybridized carbons (Fsp3) is 0.429. The van der Waals surface area contributed by atoms with Crippen molar-refractivity contribution in [2.45, 2.75) is 25.4 Å². The molecule has 0 saturated carbocycles. The van der Waals surface area contributed by atoms with Crippen LogP contribution in [0.15, 0.2) is 30.3 Å². The zero-order chi connectivity index (χ0) is 13.8. The molecule has 0 radical (unpaired) electrons. The van der Waals surface area contributed by atoms with Gasteiger partial charge in [-0.05, 0) is 18.4 Å². The monoisotopic (exact) mass is 272 g/mol. The molecule has 20 heavy (non-hydrogen) atoms. The first-order valence-electron chi connectivity index (χ1n) is 7.00. The van der Waals surface area contributed by atoms with E-state index in [1.54, 1.807) is 0 Å². The molecular weight excluding hydrogens is 252 g/mol. The molecular formula is C14H20N6. The standard InChI is InChI=1S/C14H20N6/c15-13-17-14(19-18-13)16-12-6-8-20(9-7-12)10-11-4-2-1-3-5-11/h1-5,12H,6-10H2,(H4,15,16,17,18,19). The summed E-state index contributed by atoms with van der Waals surface area (Å²) < 4.78 is 0. The van der Waals surface area contributed by atoms with E-state index < -0.39 is 0 Å². The number of nitrogens with two attached hydrogens (primary N) is 1. The van der Waals surface area contributed by atoms with Gasteiger partial charge in [0.1, 0.15) is 0 Å². The fourth-order valence-corrected chi connectivity index (χ4v) is 2.60. The van der Waals surface area contributed by atoms with Gasteiger partial charge in [0, 0.05) is 25.7 Å². The third-order valence-corrected chi connectivity index (χ3v) is 3.67. The van der Waals surface area contributed by atoms with Crippen LogP contribution >= 0.6 is 0 Å². The number of anilines is 2. The molecule has 106 valence electrons. The number of hydrogen-bond donors (Lipinski definition) is 3. The first-order valence-corrected chi connectivity index (χ1v) is 7.00. The quantitative estimate of drug-likeness (QED) is 0.785. The molecule has 1 fully saturated rings. The average molecular weight is 272 g/mol. The van der Waals surface area contributed by atoms with Crippen molar-refractivity contribution in [3.63, 3.8) is 0 Å². The van der Waals surface area contributed by atoms with Crippen LogP contribution in [0.1, 0.15) is 18.4 Å². The molecule has 4 N–H and O–H groups in total. The Morgan fingerprint density at radius 1 is 1.25 bits per heavy atom. The molecule has 0 bridgehead atoms. The summed E-state index contributed by atoms with van der Waals surface area (Å²) in [5.41, 5.74) is 6.89. The van der Waals surface area contributed by atoms with Crippen LogP contribution in [0.3, 0.4) is 0 Å². The van der Waals surface area contributed by atoms with Crippen LogP contribution < -0.4 is 11.1 Å². The van der Waals surface area contributed by atoms with Crippen LogP contribution in [0, 0.1) is 0 Å². The van der Waals surface area contributed by atoms with Crippen molar-refractivity contribution >= 4 is 11.9 Å². The van der Waals surface area contributed by atoms with Gasteiger partial charge in [-0.3, -0.25) is 4.90 Å². The smallest absolute Gasteiger partial charge is 0.243 e. The third kappa shape index (κ3) is 3.27. The molecule has 0 amide bonds. The number of nitrogens with zero attached hydrogens (tertiary/aromatic N) is 3. The van der Waals surface area contributed by atoms with Crippen LogP contribution in [-0.4, -0.2) is 39.2 Å². The maximum atomic E-state index is 5.51. The highest BCUT2D eigenvalue weighted by molar-refractivity contribution is 5.31. The van der Waals surface area contributed by atoms with Gasteiger partial charge in [0.15, 0.2) is 0 Å². The summed E-state index contributed by atoms with van der Waals surface area (Å²) in [5, 5.41) is 9.98. The SMILES string of the molecule is Nc1nc(NC2CCN(Cc3ccccc3)CC2)n[nH]1. The van der Waals surface area contributed by atoms with Gasteiger partial charge in [-0.15, -0.1) is 5.10 Å². The highest BCUT2D eigenvalue weighted by Gasteiger charge is 2.20. The first-order chi connectivity index (χ1) is 9.79. The Morgan fingerprint density at radius 2 is 2.00 bits per heavy atom. The van der Waals surface area contributed by atoms with Crippen molar-refractivity contribution < 1.29 is 0 Å². The van der Waals surface area contributed by atoms with Gasteiger partial charge in [-0.1, -0.05) is 30.3 Å². The zero-order valence-electron chi connectivity index (χ0n) is 11.4. The van der Waals surface area contributed by atoms with E-state index in [9.17, 15) is 0 Å². The predicted octanol–water partition coefficient (Wildman–Crippen LogP) is 1.46. The van der Waals surface area contributed by atoms with Crippen molar-refractivity contribution in [3.05, 3.63) is 35.9 Å². The molecule has 1 aromatic heterocycles. The van der Waals surface area contributed by atoms with Crippen LogP contribution in [0.2, 0.25) is 0 Å². The first kappa shape index (κ1) is 12.9. The Labute approximate surface area is 118 Å². The summed E-state index contributed by atoms with van der Waals surface area (Å²) in [6.45, 7) is 3.21. The minimum Gasteiger partial charge on any atom is -0.368 e. The average Bonchev–Trinajstić information content (AvgIpc) is 2.88. The molecule has 6 nitrogen and oxygen atoms in total. The number of hydrogen-bond acceptors (Lipinski definition) is 5. The van der Waals surface area contributed by atoms with E-state index in [1.165, 1.54) is 5.56 Å². The number of nitrogens with one attached hydrogen (secondary N) is 2. The van der Waals surface area contributed by atoms with Gasteiger partial charge in [0.25, 0.3) is 0 Å². The zero-order valence-corrected chi connectivity index (χ0v) is 11.4. The third-order valence-electron chi connectivity index (χ3n) is 3.67. The van der Waals surface area contributed by atoms with E-state index in [4.69, 9.17) is 5.73 Å². The van der Waals surface area contributed by atoms with Gasteiger partial charge in [0.05, 0.1) is 0 Å². The van der Waals surface area contributed by atoms with Gasteiger partial charge in [0.2, 0.25) is 11.9 Å². The summed E-state index contributed by atoms with van der Waals surface area (Å²) in [5.74, 6) is 0.957. The molecule has 1 aliphatic rings. The molecule has 2 heterocycles. The van der Waals surface area contributed by atoms with E-state index in [1.807, 2.05) is 0 Å². The van der Waals surface area contributed by atoms with Gasteiger partial charge >= 0.3 is 0 Å². The lowest BCUT2D eigenvalue weighted by Gasteiger charge is -2.32. The molecule has 0 spiro atoms. The highest BCUT2D eigenvalue weighted by atomic mass is 15.3. The number of piperidine rings is 1. The topological polar surface area (TPSA) is 82.9 Å². The lowest BCUT2D eigenvalue weighted by Crippen LogP contribution is -2.38. The van der Waals surface area contributed by atoms with Gasteiger partial charge < -0.3 is 11.1 Å². The number of aromatic amines is 1. The predicted molar refractivity (Wildman–Crippen MR) is 79.2 cm³/mol. The molecule has 1 saturated heterocycles. The molecule has 6 heteroatoms. The summed E-state index contributed by atoms with van der Waals surface area (Å²) in [6.07, 6.45) is 2.20. The van der Waals surface area contributed by atoms with Crippen LogP contribution in [-0.2, 0) is 6.54 Å². The second-order valence-electron chi connectivity index (χ2n) is 5.22. The Morgan fingerprint density at radius 3 is 2.65 bits per heavy atom. The molecule has 1 aliphatic heterocycles. The molecule has 0 aliphatic carbocycles. The normalized spacial score (nSPS) is 17.2. The van der Waals surface area contributed by atoms with E-state index in [0.717, 1.165) is 32.5 Å². The van der Waals surface area contributed by atoms with Crippen molar-refractivity contribution in [1.29, 1.82) is 0 Å². The minimum absolute atomic E-state index is 0.356. The Hall–Kier alpha value is -2.08. The van der Waals surface area contributed by atoms with E-state index in [0.29, 0.717) is 17.9 Å². The highest BCUT2D eigenvalue weighted by Crippen LogP contribution is 2.16. The number of likely N-dealkylation sites (tertiary alicyclic amines) is 1. The molecule has 1 aromatic carbocycles. The van der Waals surface area contributed by atoms with Crippen LogP contribution in [0.5, 0.6) is 0 Å². The lowest BCUT2D eigenvalue weighted by molar-refractivity contribution is 0.211. The van der Waals surface area contributed by atoms with Crippen molar-refractivity contribution in [3.8, 4) is 0 Å². The van der Waals surface area contributed by atoms with Crippen molar-refractivity contribution in [2.24, 2.45) is 0 Å². The van der Waals surface area contributed by atoms with E-state index >= 15 is 0 Å². The van der Waals surface area contributed by atoms with Crippen molar-refractivity contribution in [2.75, 3.05) is 24.1 Å². The number of rotatable bonds is 4. The Bertz CT molecular complexity index is 530. The van der Waals surface area contributed by atoms with Gasteiger partial charge in [-0.25, -0.2) is 5.10 Å². The van der Waals surface area contributed by atoms with Crippen LogP contribution in [0.4, 0.5) is 11.9 Å². The second-order valence-corrected chi connectivity index (χ2v) is 5.22. The number of benzene rings is 1. The number of nitrogen functional groups attached to an aromatic ring is 1. The van der Waals surface area contributed by atoms with E-state index in [-0.39, 0.29) is 0 Å². The maximum absolute atomic E-state index is 5.51. The fourth-order valence-electron chi connectivity index (χ4n) is 2.60. The lowest BCUT2D eigenvalue weighted by atomic mass is 10.0. The maximum Gasteiger partial charge on any atom is 0.243 e. The van der Waals surface area contributed by atoms with Crippen molar-refractivity contribution in [1.82, 2.24) is 20.1 Å². The minimum atomic E-state index is 0.356. The Balaban J connectivity index is 1.47. The molecule has 2 aromatic rings. The largest absolute Gasteiger partial charge is 0.368 e. The second kappa shape index (κ2) is 5.92. The van der Waals surface area contributed by atoms with Crippen LogP contribution in [0.25, 0.3) is 0 Å².